The van der Waals surface area contributed by atoms with Crippen LogP contribution in [0.3, 0.4) is 0 Å². The topological polar surface area (TPSA) is 86.5 Å². The molecule has 2 rings (SSSR count). The summed E-state index contributed by atoms with van der Waals surface area (Å²) in [5.74, 6) is -0.831. The molecule has 0 aliphatic carbocycles. The average molecular weight is 299 g/mol. The van der Waals surface area contributed by atoms with Crippen molar-refractivity contribution in [2.24, 2.45) is 0 Å². The average Bonchev–Trinajstić information content (AvgIpc) is 2.54. The molecule has 0 heterocycles. The molecule has 6 heteroatoms. The first-order valence-corrected chi connectivity index (χ1v) is 6.47. The summed E-state index contributed by atoms with van der Waals surface area (Å²) < 4.78 is 4.65. The highest BCUT2D eigenvalue weighted by atomic mass is 16.6. The number of carbonyl (C=O) groups excluding carboxylic acids is 2. The highest BCUT2D eigenvalue weighted by molar-refractivity contribution is 6.07. The summed E-state index contributed by atoms with van der Waals surface area (Å²) in [5.41, 5.74) is 1.08. The van der Waals surface area contributed by atoms with E-state index in [2.05, 4.69) is 4.74 Å². The molecule has 112 valence electrons. The Balaban J connectivity index is 2.22. The van der Waals surface area contributed by atoms with E-state index in [0.29, 0.717) is 5.56 Å². The second-order valence-electron chi connectivity index (χ2n) is 4.56. The number of non-ortho nitro benzene ring substituents is 1. The van der Waals surface area contributed by atoms with E-state index in [1.165, 1.54) is 37.4 Å². The SMILES string of the molecule is COC(=O)c1ccccc1C(=O)Cc1ccc([N+](=O)[O-])cc1. The lowest BCUT2D eigenvalue weighted by molar-refractivity contribution is -0.384. The zero-order valence-electron chi connectivity index (χ0n) is 11.8. The third kappa shape index (κ3) is 3.35. The molecule has 0 radical (unpaired) electrons. The van der Waals surface area contributed by atoms with Crippen LogP contribution in [0.5, 0.6) is 0 Å². The van der Waals surface area contributed by atoms with Crippen LogP contribution in [0.2, 0.25) is 0 Å². The van der Waals surface area contributed by atoms with Gasteiger partial charge in [-0.2, -0.15) is 0 Å². The van der Waals surface area contributed by atoms with Gasteiger partial charge >= 0.3 is 5.97 Å². The first-order chi connectivity index (χ1) is 10.5. The van der Waals surface area contributed by atoms with Crippen LogP contribution >= 0.6 is 0 Å². The van der Waals surface area contributed by atoms with Gasteiger partial charge in [0.1, 0.15) is 0 Å². The summed E-state index contributed by atoms with van der Waals surface area (Å²) in [5, 5.41) is 10.6. The van der Waals surface area contributed by atoms with Gasteiger partial charge in [-0.25, -0.2) is 4.79 Å². The molecule has 6 nitrogen and oxygen atoms in total. The maximum Gasteiger partial charge on any atom is 0.338 e. The zero-order valence-corrected chi connectivity index (χ0v) is 11.8. The zero-order chi connectivity index (χ0) is 16.1. The molecule has 0 aliphatic rings. The molecule has 0 saturated carbocycles. The van der Waals surface area contributed by atoms with Crippen molar-refractivity contribution in [2.45, 2.75) is 6.42 Å². The lowest BCUT2D eigenvalue weighted by atomic mass is 9.98. The first-order valence-electron chi connectivity index (χ1n) is 6.47. The summed E-state index contributed by atoms with van der Waals surface area (Å²) in [4.78, 5) is 34.1. The van der Waals surface area contributed by atoms with Gasteiger partial charge < -0.3 is 4.74 Å². The van der Waals surface area contributed by atoms with Crippen LogP contribution < -0.4 is 0 Å². The standard InChI is InChI=1S/C16H13NO5/c1-22-16(19)14-5-3-2-4-13(14)15(18)10-11-6-8-12(9-7-11)17(20)21/h2-9H,10H2,1H3. The largest absolute Gasteiger partial charge is 0.465 e. The molecule has 0 atom stereocenters. The van der Waals surface area contributed by atoms with Gasteiger partial charge in [-0.05, 0) is 11.6 Å². The van der Waals surface area contributed by atoms with Gasteiger partial charge in [-0.15, -0.1) is 0 Å². The number of nitro groups is 1. The number of methoxy groups -OCH3 is 1. The highest BCUT2D eigenvalue weighted by Gasteiger charge is 2.17. The molecule has 2 aromatic carbocycles. The Hall–Kier alpha value is -3.02. The smallest absolute Gasteiger partial charge is 0.338 e. The quantitative estimate of drug-likeness (QED) is 0.367. The van der Waals surface area contributed by atoms with Gasteiger partial charge in [-0.1, -0.05) is 30.3 Å². The molecule has 2 aromatic rings. The van der Waals surface area contributed by atoms with Crippen LogP contribution in [0.25, 0.3) is 0 Å². The van der Waals surface area contributed by atoms with Gasteiger partial charge in [0.15, 0.2) is 5.78 Å². The summed E-state index contributed by atoms with van der Waals surface area (Å²) in [6.07, 6.45) is 0.0476. The van der Waals surface area contributed by atoms with Crippen molar-refractivity contribution in [3.63, 3.8) is 0 Å². The number of ether oxygens (including phenoxy) is 1. The highest BCUT2D eigenvalue weighted by Crippen LogP contribution is 2.16. The summed E-state index contributed by atoms with van der Waals surface area (Å²) in [6.45, 7) is 0. The third-order valence-electron chi connectivity index (χ3n) is 3.14. The van der Waals surface area contributed by atoms with Crippen LogP contribution in [0.1, 0.15) is 26.3 Å². The Morgan fingerprint density at radius 3 is 2.18 bits per heavy atom. The number of esters is 1. The lowest BCUT2D eigenvalue weighted by Crippen LogP contribution is -2.12. The van der Waals surface area contributed by atoms with E-state index in [1.54, 1.807) is 18.2 Å². The summed E-state index contributed by atoms with van der Waals surface area (Å²) >= 11 is 0. The van der Waals surface area contributed by atoms with Crippen molar-refractivity contribution < 1.29 is 19.2 Å². The molecule has 0 unspecified atom stereocenters. The fourth-order valence-electron chi connectivity index (χ4n) is 2.03. The minimum Gasteiger partial charge on any atom is -0.465 e. The predicted molar refractivity (Wildman–Crippen MR) is 78.9 cm³/mol. The lowest BCUT2D eigenvalue weighted by Gasteiger charge is -2.07. The maximum absolute atomic E-state index is 12.3. The number of nitrogens with zero attached hydrogens (tertiary/aromatic N) is 1. The maximum atomic E-state index is 12.3. The molecule has 22 heavy (non-hydrogen) atoms. The first kappa shape index (κ1) is 15.4. The molecular weight excluding hydrogens is 286 g/mol. The van der Waals surface area contributed by atoms with E-state index < -0.39 is 10.9 Å². The number of carbonyl (C=O) groups is 2. The van der Waals surface area contributed by atoms with Crippen LogP contribution in [0.15, 0.2) is 48.5 Å². The van der Waals surface area contributed by atoms with Crippen molar-refractivity contribution >= 4 is 17.4 Å². The number of Topliss-reactive ketones (excluding diaryl/α,β-unsaturated/α-hetero) is 1. The van der Waals surface area contributed by atoms with E-state index >= 15 is 0 Å². The monoisotopic (exact) mass is 299 g/mol. The molecule has 0 aliphatic heterocycles. The van der Waals surface area contributed by atoms with E-state index in [0.717, 1.165) is 0 Å². The molecule has 0 fully saturated rings. The van der Waals surface area contributed by atoms with Gasteiger partial charge in [0, 0.05) is 24.1 Å². The van der Waals surface area contributed by atoms with Crippen molar-refractivity contribution in [3.05, 3.63) is 75.3 Å². The number of hydrogen-bond donors (Lipinski definition) is 0. The number of ketones is 1. The van der Waals surface area contributed by atoms with Crippen molar-refractivity contribution in [1.29, 1.82) is 0 Å². The Labute approximate surface area is 126 Å². The number of nitro benzene ring substituents is 1. The molecule has 0 amide bonds. The minimum absolute atomic E-state index is 0.0360. The van der Waals surface area contributed by atoms with Gasteiger partial charge in [-0.3, -0.25) is 14.9 Å². The normalized spacial score (nSPS) is 10.0. The second kappa shape index (κ2) is 6.62. The molecule has 0 N–H and O–H groups in total. The van der Waals surface area contributed by atoms with Crippen LogP contribution in [-0.2, 0) is 11.2 Å². The second-order valence-corrected chi connectivity index (χ2v) is 4.56. The van der Waals surface area contributed by atoms with E-state index in [-0.39, 0.29) is 29.0 Å². The van der Waals surface area contributed by atoms with Gasteiger partial charge in [0.05, 0.1) is 17.6 Å². The number of hydrogen-bond acceptors (Lipinski definition) is 5. The molecule has 0 spiro atoms. The summed E-state index contributed by atoms with van der Waals surface area (Å²) in [6, 6.07) is 12.1. The van der Waals surface area contributed by atoms with Crippen LogP contribution in [-0.4, -0.2) is 23.8 Å². The molecule has 0 aromatic heterocycles. The van der Waals surface area contributed by atoms with Crippen LogP contribution in [0.4, 0.5) is 5.69 Å². The van der Waals surface area contributed by atoms with E-state index in [4.69, 9.17) is 0 Å². The van der Waals surface area contributed by atoms with Crippen molar-refractivity contribution in [3.8, 4) is 0 Å². The van der Waals surface area contributed by atoms with Crippen molar-refractivity contribution in [2.75, 3.05) is 7.11 Å². The van der Waals surface area contributed by atoms with E-state index in [1.807, 2.05) is 0 Å². The van der Waals surface area contributed by atoms with Gasteiger partial charge in [0.2, 0.25) is 0 Å². The fraction of sp³-hybridized carbons (Fsp3) is 0.125. The Morgan fingerprint density at radius 1 is 1.05 bits per heavy atom. The van der Waals surface area contributed by atoms with E-state index in [9.17, 15) is 19.7 Å². The Kier molecular flexibility index (Phi) is 4.63. The molecule has 0 saturated heterocycles. The number of benzene rings is 2. The third-order valence-corrected chi connectivity index (χ3v) is 3.14. The Morgan fingerprint density at radius 2 is 1.64 bits per heavy atom. The Bertz CT molecular complexity index is 722. The van der Waals surface area contributed by atoms with Crippen molar-refractivity contribution in [1.82, 2.24) is 0 Å². The van der Waals surface area contributed by atoms with Gasteiger partial charge in [0.25, 0.3) is 5.69 Å². The molecular formula is C16H13NO5. The number of rotatable bonds is 5. The predicted octanol–water partition coefficient (Wildman–Crippen LogP) is 2.81. The van der Waals surface area contributed by atoms with Crippen LogP contribution in [0, 0.1) is 10.1 Å². The minimum atomic E-state index is -0.576. The fourth-order valence-corrected chi connectivity index (χ4v) is 2.03. The molecule has 0 bridgehead atoms. The summed E-state index contributed by atoms with van der Waals surface area (Å²) in [7, 11) is 1.25.